The van der Waals surface area contributed by atoms with Crippen LogP contribution in [-0.4, -0.2) is 24.4 Å². The maximum atomic E-state index is 8.98. The summed E-state index contributed by atoms with van der Waals surface area (Å²) in [5.41, 5.74) is 0. The lowest BCUT2D eigenvalue weighted by molar-refractivity contribution is 0.0343. The normalized spacial score (nSPS) is 35.0. The number of hydrogen-bond donors (Lipinski definition) is 1. The Labute approximate surface area is 74.9 Å². The molecule has 1 heterocycles. The number of aliphatic hydroxyl groups is 1. The van der Waals surface area contributed by atoms with Crippen LogP contribution in [0.4, 0.5) is 0 Å². The second-order valence-electron chi connectivity index (χ2n) is 4.23. The van der Waals surface area contributed by atoms with Crippen molar-refractivity contribution >= 4 is 0 Å². The maximum Gasteiger partial charge on any atom is 0.0607 e. The Kier molecular flexibility index (Phi) is 3.53. The Morgan fingerprint density at radius 1 is 1.50 bits per heavy atom. The Morgan fingerprint density at radius 2 is 2.17 bits per heavy atom. The highest BCUT2D eigenvalue weighted by molar-refractivity contribution is 4.77. The molecule has 0 aromatic heterocycles. The molecular weight excluding hydrogens is 152 g/mol. The molecule has 72 valence electrons. The Morgan fingerprint density at radius 3 is 2.58 bits per heavy atom. The molecular formula is C10H20O2. The van der Waals surface area contributed by atoms with Crippen LogP contribution < -0.4 is 0 Å². The first-order valence-corrected chi connectivity index (χ1v) is 4.87. The highest BCUT2D eigenvalue weighted by atomic mass is 16.5. The summed E-state index contributed by atoms with van der Waals surface area (Å²) in [5.74, 6) is 1.54. The molecule has 0 amide bonds. The molecule has 1 rings (SSSR count). The highest BCUT2D eigenvalue weighted by Gasteiger charge is 2.29. The molecule has 0 bridgehead atoms. The van der Waals surface area contributed by atoms with Crippen molar-refractivity contribution in [2.24, 2.45) is 17.8 Å². The van der Waals surface area contributed by atoms with Gasteiger partial charge in [-0.25, -0.2) is 0 Å². The smallest absolute Gasteiger partial charge is 0.0607 e. The van der Waals surface area contributed by atoms with Gasteiger partial charge in [-0.2, -0.15) is 0 Å². The minimum atomic E-state index is 0.273. The standard InChI is InChI=1S/C10H20O2/c1-7-4-10(12-6-7)9(3)8(2)5-11/h7-11H,4-6H2,1-3H3. The third kappa shape index (κ3) is 2.20. The van der Waals surface area contributed by atoms with E-state index in [1.54, 1.807) is 0 Å². The minimum Gasteiger partial charge on any atom is -0.396 e. The van der Waals surface area contributed by atoms with Crippen LogP contribution in [0.2, 0.25) is 0 Å². The molecule has 1 fully saturated rings. The van der Waals surface area contributed by atoms with Crippen molar-refractivity contribution in [3.05, 3.63) is 0 Å². The topological polar surface area (TPSA) is 29.5 Å². The molecule has 0 saturated carbocycles. The molecule has 4 atom stereocenters. The van der Waals surface area contributed by atoms with Gasteiger partial charge in [0.2, 0.25) is 0 Å². The zero-order chi connectivity index (χ0) is 9.14. The molecule has 0 aliphatic carbocycles. The fraction of sp³-hybridized carbons (Fsp3) is 1.00. The molecule has 0 spiro atoms. The number of hydrogen-bond acceptors (Lipinski definition) is 2. The van der Waals surface area contributed by atoms with E-state index in [0.29, 0.717) is 23.9 Å². The van der Waals surface area contributed by atoms with Crippen LogP contribution in [0.5, 0.6) is 0 Å². The molecule has 0 aromatic carbocycles. The molecule has 2 heteroatoms. The van der Waals surface area contributed by atoms with Gasteiger partial charge in [0, 0.05) is 13.2 Å². The summed E-state index contributed by atoms with van der Waals surface area (Å²) in [5, 5.41) is 8.98. The summed E-state index contributed by atoms with van der Waals surface area (Å²) in [4.78, 5) is 0. The lowest BCUT2D eigenvalue weighted by Gasteiger charge is -2.23. The first-order valence-electron chi connectivity index (χ1n) is 4.87. The summed E-state index contributed by atoms with van der Waals surface area (Å²) in [6.07, 6.45) is 1.54. The number of aliphatic hydroxyl groups excluding tert-OH is 1. The SMILES string of the molecule is CC1COC(C(C)C(C)CO)C1. The quantitative estimate of drug-likeness (QED) is 0.701. The molecule has 1 aliphatic rings. The molecule has 12 heavy (non-hydrogen) atoms. The van der Waals surface area contributed by atoms with Gasteiger partial charge in [-0.3, -0.25) is 0 Å². The summed E-state index contributed by atoms with van der Waals surface area (Å²) in [7, 11) is 0. The van der Waals surface area contributed by atoms with Gasteiger partial charge in [-0.15, -0.1) is 0 Å². The van der Waals surface area contributed by atoms with Crippen molar-refractivity contribution in [3.8, 4) is 0 Å². The third-order valence-electron chi connectivity index (χ3n) is 3.00. The minimum absolute atomic E-state index is 0.273. The van der Waals surface area contributed by atoms with Gasteiger partial charge >= 0.3 is 0 Å². The second-order valence-corrected chi connectivity index (χ2v) is 4.23. The lowest BCUT2D eigenvalue weighted by atomic mass is 9.88. The van der Waals surface area contributed by atoms with Crippen LogP contribution in [0, 0.1) is 17.8 Å². The van der Waals surface area contributed by atoms with Crippen molar-refractivity contribution in [1.82, 2.24) is 0 Å². The van der Waals surface area contributed by atoms with E-state index in [9.17, 15) is 0 Å². The van der Waals surface area contributed by atoms with E-state index in [-0.39, 0.29) is 6.61 Å². The van der Waals surface area contributed by atoms with Gasteiger partial charge < -0.3 is 9.84 Å². The zero-order valence-electron chi connectivity index (χ0n) is 8.29. The van der Waals surface area contributed by atoms with E-state index in [4.69, 9.17) is 9.84 Å². The lowest BCUT2D eigenvalue weighted by Crippen LogP contribution is -2.25. The Bertz CT molecular complexity index is 136. The molecule has 0 radical (unpaired) electrons. The highest BCUT2D eigenvalue weighted by Crippen LogP contribution is 2.28. The fourth-order valence-corrected chi connectivity index (χ4v) is 1.72. The van der Waals surface area contributed by atoms with Crippen LogP contribution in [0.15, 0.2) is 0 Å². The summed E-state index contributed by atoms with van der Waals surface area (Å²) in [6.45, 7) is 7.64. The van der Waals surface area contributed by atoms with E-state index in [1.165, 1.54) is 0 Å². The zero-order valence-corrected chi connectivity index (χ0v) is 8.29. The van der Waals surface area contributed by atoms with Crippen molar-refractivity contribution in [2.45, 2.75) is 33.3 Å². The first-order chi connectivity index (χ1) is 5.65. The summed E-state index contributed by atoms with van der Waals surface area (Å²) < 4.78 is 5.64. The van der Waals surface area contributed by atoms with Crippen LogP contribution in [0.1, 0.15) is 27.2 Å². The third-order valence-corrected chi connectivity index (χ3v) is 3.00. The first kappa shape index (κ1) is 10.0. The monoisotopic (exact) mass is 172 g/mol. The van der Waals surface area contributed by atoms with Crippen molar-refractivity contribution in [3.63, 3.8) is 0 Å². The Balaban J connectivity index is 2.37. The van der Waals surface area contributed by atoms with E-state index >= 15 is 0 Å². The van der Waals surface area contributed by atoms with Crippen LogP contribution in [0.25, 0.3) is 0 Å². The summed E-state index contributed by atoms with van der Waals surface area (Å²) >= 11 is 0. The maximum absolute atomic E-state index is 8.98. The second kappa shape index (κ2) is 4.24. The predicted molar refractivity (Wildman–Crippen MR) is 48.9 cm³/mol. The average molecular weight is 172 g/mol. The molecule has 4 unspecified atom stereocenters. The van der Waals surface area contributed by atoms with Gasteiger partial charge in [0.1, 0.15) is 0 Å². The molecule has 2 nitrogen and oxygen atoms in total. The molecule has 0 aromatic rings. The number of rotatable bonds is 3. The summed E-state index contributed by atoms with van der Waals surface area (Å²) in [6, 6.07) is 0. The van der Waals surface area contributed by atoms with Crippen LogP contribution in [0.3, 0.4) is 0 Å². The Hall–Kier alpha value is -0.0800. The van der Waals surface area contributed by atoms with Gasteiger partial charge in [0.15, 0.2) is 0 Å². The molecule has 1 N–H and O–H groups in total. The van der Waals surface area contributed by atoms with Gasteiger partial charge in [0.25, 0.3) is 0 Å². The van der Waals surface area contributed by atoms with Gasteiger partial charge in [-0.1, -0.05) is 20.8 Å². The fourth-order valence-electron chi connectivity index (χ4n) is 1.72. The van der Waals surface area contributed by atoms with E-state index in [0.717, 1.165) is 13.0 Å². The van der Waals surface area contributed by atoms with Gasteiger partial charge in [-0.05, 0) is 24.2 Å². The molecule has 1 aliphatic heterocycles. The molecule has 1 saturated heterocycles. The van der Waals surface area contributed by atoms with Gasteiger partial charge in [0.05, 0.1) is 6.10 Å². The van der Waals surface area contributed by atoms with Crippen molar-refractivity contribution in [2.75, 3.05) is 13.2 Å². The van der Waals surface area contributed by atoms with E-state index in [1.807, 2.05) is 0 Å². The van der Waals surface area contributed by atoms with Crippen LogP contribution >= 0.6 is 0 Å². The van der Waals surface area contributed by atoms with Crippen molar-refractivity contribution in [1.29, 1.82) is 0 Å². The average Bonchev–Trinajstić information content (AvgIpc) is 2.49. The number of ether oxygens (including phenoxy) is 1. The van der Waals surface area contributed by atoms with Crippen molar-refractivity contribution < 1.29 is 9.84 Å². The van der Waals surface area contributed by atoms with E-state index in [2.05, 4.69) is 20.8 Å². The largest absolute Gasteiger partial charge is 0.396 e. The van der Waals surface area contributed by atoms with Crippen LogP contribution in [-0.2, 0) is 4.74 Å². The van der Waals surface area contributed by atoms with E-state index < -0.39 is 0 Å². The predicted octanol–water partition coefficient (Wildman–Crippen LogP) is 1.68.